The molecule has 0 aromatic heterocycles. The molecular formula is C14H17IN2O2. The molecule has 1 aliphatic rings. The van der Waals surface area contributed by atoms with Crippen molar-refractivity contribution in [3.8, 4) is 0 Å². The number of amides is 1. The van der Waals surface area contributed by atoms with Gasteiger partial charge in [-0.1, -0.05) is 12.1 Å². The van der Waals surface area contributed by atoms with Crippen LogP contribution in [-0.4, -0.2) is 42.8 Å². The first-order chi connectivity index (χ1) is 9.04. The Balaban J connectivity index is 1.80. The molecule has 102 valence electrons. The van der Waals surface area contributed by atoms with Gasteiger partial charge in [0.15, 0.2) is 5.78 Å². The van der Waals surface area contributed by atoms with Crippen molar-refractivity contribution in [1.82, 2.24) is 10.2 Å². The summed E-state index contributed by atoms with van der Waals surface area (Å²) < 4.78 is 1.10. The smallest absolute Gasteiger partial charge is 0.234 e. The van der Waals surface area contributed by atoms with E-state index >= 15 is 0 Å². The average molecular weight is 372 g/mol. The van der Waals surface area contributed by atoms with Gasteiger partial charge in [0.1, 0.15) is 0 Å². The van der Waals surface area contributed by atoms with E-state index in [0.717, 1.165) is 16.4 Å². The Morgan fingerprint density at radius 1 is 1.26 bits per heavy atom. The van der Waals surface area contributed by atoms with Gasteiger partial charge in [0.25, 0.3) is 0 Å². The minimum absolute atomic E-state index is 0.000380. The highest BCUT2D eigenvalue weighted by Gasteiger charge is 2.23. The number of ketones is 1. The third-order valence-electron chi connectivity index (χ3n) is 2.94. The molecule has 5 heteroatoms. The summed E-state index contributed by atoms with van der Waals surface area (Å²) in [4.78, 5) is 25.4. The molecule has 1 aromatic carbocycles. The largest absolute Gasteiger partial charge is 0.352 e. The monoisotopic (exact) mass is 372 g/mol. The summed E-state index contributed by atoms with van der Waals surface area (Å²) in [5.41, 5.74) is 0.690. The standard InChI is InChI=1S/C14H17IN2O2/c1-17(9-14(19)16-12-6-7-12)8-13(18)10-2-4-11(15)5-3-10/h2-5,12H,6-9H2,1H3,(H,16,19). The van der Waals surface area contributed by atoms with Crippen molar-refractivity contribution in [1.29, 1.82) is 0 Å². The number of benzene rings is 1. The van der Waals surface area contributed by atoms with E-state index in [2.05, 4.69) is 27.9 Å². The second kappa shape index (κ2) is 6.47. The fourth-order valence-electron chi connectivity index (χ4n) is 1.77. The van der Waals surface area contributed by atoms with Gasteiger partial charge in [-0.2, -0.15) is 0 Å². The van der Waals surface area contributed by atoms with Crippen LogP contribution < -0.4 is 5.32 Å². The van der Waals surface area contributed by atoms with Crippen LogP contribution in [0.15, 0.2) is 24.3 Å². The van der Waals surface area contributed by atoms with E-state index in [1.54, 1.807) is 11.9 Å². The predicted octanol–water partition coefficient (Wildman–Crippen LogP) is 1.68. The summed E-state index contributed by atoms with van der Waals surface area (Å²) >= 11 is 2.20. The Morgan fingerprint density at radius 2 is 1.89 bits per heavy atom. The van der Waals surface area contributed by atoms with Crippen LogP contribution in [0.2, 0.25) is 0 Å². The highest BCUT2D eigenvalue weighted by atomic mass is 127. The third-order valence-corrected chi connectivity index (χ3v) is 3.65. The molecule has 1 aliphatic carbocycles. The number of rotatable bonds is 6. The Bertz CT molecular complexity index is 469. The summed E-state index contributed by atoms with van der Waals surface area (Å²) in [6.07, 6.45) is 2.16. The van der Waals surface area contributed by atoms with Gasteiger partial charge in [-0.15, -0.1) is 0 Å². The fourth-order valence-corrected chi connectivity index (χ4v) is 2.13. The first-order valence-electron chi connectivity index (χ1n) is 6.31. The first-order valence-corrected chi connectivity index (χ1v) is 7.39. The van der Waals surface area contributed by atoms with E-state index in [4.69, 9.17) is 0 Å². The topological polar surface area (TPSA) is 49.4 Å². The number of carbonyl (C=O) groups is 2. The summed E-state index contributed by atoms with van der Waals surface area (Å²) in [6.45, 7) is 0.533. The van der Waals surface area contributed by atoms with Crippen molar-refractivity contribution in [2.75, 3.05) is 20.1 Å². The van der Waals surface area contributed by atoms with Gasteiger partial charge in [-0.3, -0.25) is 14.5 Å². The SMILES string of the molecule is CN(CC(=O)NC1CC1)CC(=O)c1ccc(I)cc1. The van der Waals surface area contributed by atoms with E-state index in [1.807, 2.05) is 24.3 Å². The van der Waals surface area contributed by atoms with E-state index < -0.39 is 0 Å². The van der Waals surface area contributed by atoms with Crippen molar-refractivity contribution in [2.24, 2.45) is 0 Å². The number of likely N-dealkylation sites (N-methyl/N-ethyl adjacent to an activating group) is 1. The molecule has 1 saturated carbocycles. The van der Waals surface area contributed by atoms with Crippen LogP contribution in [0, 0.1) is 3.57 Å². The zero-order valence-electron chi connectivity index (χ0n) is 10.9. The van der Waals surface area contributed by atoms with Gasteiger partial charge in [0.2, 0.25) is 5.91 Å². The number of hydrogen-bond donors (Lipinski definition) is 1. The molecule has 0 bridgehead atoms. The van der Waals surface area contributed by atoms with Crippen LogP contribution in [0.1, 0.15) is 23.2 Å². The summed E-state index contributed by atoms with van der Waals surface area (Å²) in [7, 11) is 1.79. The maximum absolute atomic E-state index is 12.0. The number of Topliss-reactive ketones (excluding diaryl/α,β-unsaturated/α-hetero) is 1. The van der Waals surface area contributed by atoms with Crippen molar-refractivity contribution in [3.05, 3.63) is 33.4 Å². The van der Waals surface area contributed by atoms with Crippen molar-refractivity contribution in [3.63, 3.8) is 0 Å². The molecule has 4 nitrogen and oxygen atoms in total. The van der Waals surface area contributed by atoms with Crippen LogP contribution >= 0.6 is 22.6 Å². The number of nitrogens with zero attached hydrogens (tertiary/aromatic N) is 1. The lowest BCUT2D eigenvalue weighted by Gasteiger charge is -2.15. The van der Waals surface area contributed by atoms with Crippen molar-refractivity contribution < 1.29 is 9.59 Å². The lowest BCUT2D eigenvalue weighted by molar-refractivity contribution is -0.121. The molecule has 0 unspecified atom stereocenters. The Kier molecular flexibility index (Phi) is 4.93. The second-order valence-electron chi connectivity index (χ2n) is 4.94. The van der Waals surface area contributed by atoms with Crippen LogP contribution in [0.4, 0.5) is 0 Å². The normalized spacial score (nSPS) is 14.5. The number of hydrogen-bond acceptors (Lipinski definition) is 3. The Hall–Kier alpha value is -0.950. The molecule has 1 N–H and O–H groups in total. The van der Waals surface area contributed by atoms with Gasteiger partial charge in [-0.25, -0.2) is 0 Å². The van der Waals surface area contributed by atoms with E-state index in [9.17, 15) is 9.59 Å². The molecule has 0 heterocycles. The van der Waals surface area contributed by atoms with Crippen molar-refractivity contribution >= 4 is 34.3 Å². The summed E-state index contributed by atoms with van der Waals surface area (Å²) in [6, 6.07) is 7.83. The predicted molar refractivity (Wildman–Crippen MR) is 82.2 cm³/mol. The van der Waals surface area contributed by atoms with Gasteiger partial charge in [0, 0.05) is 15.2 Å². The van der Waals surface area contributed by atoms with Crippen LogP contribution in [0.5, 0.6) is 0 Å². The molecule has 0 atom stereocenters. The second-order valence-corrected chi connectivity index (χ2v) is 6.19. The summed E-state index contributed by atoms with van der Waals surface area (Å²) in [5.74, 6) is 0.0403. The maximum Gasteiger partial charge on any atom is 0.234 e. The molecule has 1 amide bonds. The van der Waals surface area contributed by atoms with Gasteiger partial charge >= 0.3 is 0 Å². The lowest BCUT2D eigenvalue weighted by Crippen LogP contribution is -2.38. The summed E-state index contributed by atoms with van der Waals surface area (Å²) in [5, 5.41) is 2.91. The zero-order chi connectivity index (χ0) is 13.8. The molecule has 1 fully saturated rings. The Morgan fingerprint density at radius 3 is 2.47 bits per heavy atom. The maximum atomic E-state index is 12.0. The van der Waals surface area contributed by atoms with Gasteiger partial charge in [-0.05, 0) is 54.6 Å². The van der Waals surface area contributed by atoms with Crippen LogP contribution in [-0.2, 0) is 4.79 Å². The number of nitrogens with one attached hydrogen (secondary N) is 1. The highest BCUT2D eigenvalue weighted by molar-refractivity contribution is 14.1. The molecule has 0 spiro atoms. The van der Waals surface area contributed by atoms with Crippen LogP contribution in [0.3, 0.4) is 0 Å². The van der Waals surface area contributed by atoms with Gasteiger partial charge in [0.05, 0.1) is 13.1 Å². The van der Waals surface area contributed by atoms with Crippen LogP contribution in [0.25, 0.3) is 0 Å². The van der Waals surface area contributed by atoms with Crippen molar-refractivity contribution in [2.45, 2.75) is 18.9 Å². The zero-order valence-corrected chi connectivity index (χ0v) is 13.0. The van der Waals surface area contributed by atoms with E-state index in [-0.39, 0.29) is 24.8 Å². The number of carbonyl (C=O) groups excluding carboxylic acids is 2. The number of halogens is 1. The molecule has 0 saturated heterocycles. The first kappa shape index (κ1) is 14.5. The fraction of sp³-hybridized carbons (Fsp3) is 0.429. The highest BCUT2D eigenvalue weighted by Crippen LogP contribution is 2.18. The quantitative estimate of drug-likeness (QED) is 0.611. The molecular weight excluding hydrogens is 355 g/mol. The molecule has 1 aromatic rings. The molecule has 2 rings (SSSR count). The Labute approximate surface area is 126 Å². The molecule has 0 radical (unpaired) electrons. The average Bonchev–Trinajstić information content (AvgIpc) is 3.13. The van der Waals surface area contributed by atoms with Gasteiger partial charge < -0.3 is 5.32 Å². The van der Waals surface area contributed by atoms with E-state index in [0.29, 0.717) is 11.6 Å². The minimum atomic E-state index is 0.000380. The molecule has 19 heavy (non-hydrogen) atoms. The third kappa shape index (κ3) is 4.91. The minimum Gasteiger partial charge on any atom is -0.352 e. The molecule has 0 aliphatic heterocycles. The van der Waals surface area contributed by atoms with E-state index in [1.165, 1.54) is 0 Å². The lowest BCUT2D eigenvalue weighted by atomic mass is 10.1.